The summed E-state index contributed by atoms with van der Waals surface area (Å²) >= 11 is 0. The Balaban J connectivity index is 3.42. The second-order valence-corrected chi connectivity index (χ2v) is 7.59. The predicted octanol–water partition coefficient (Wildman–Crippen LogP) is 4.90. The van der Waals surface area contributed by atoms with E-state index in [0.717, 1.165) is 12.8 Å². The van der Waals surface area contributed by atoms with Gasteiger partial charge in [-0.25, -0.2) is 9.36 Å². The summed E-state index contributed by atoms with van der Waals surface area (Å²) in [4.78, 5) is 28.6. The summed E-state index contributed by atoms with van der Waals surface area (Å²) in [7, 11) is -4.50. The molecule has 0 aliphatic rings. The van der Waals surface area contributed by atoms with Gasteiger partial charge < -0.3 is 14.5 Å². The molecule has 2 N–H and O–H groups in total. The SMILES string of the molecule is C=C(CCCCCCCCCCCCC)C(=O)OCCOP(=O)(O)O. The van der Waals surface area contributed by atoms with Crippen molar-refractivity contribution >= 4 is 13.8 Å². The van der Waals surface area contributed by atoms with Gasteiger partial charge in [-0.3, -0.25) is 4.52 Å². The minimum atomic E-state index is -4.50. The number of rotatable bonds is 17. The summed E-state index contributed by atoms with van der Waals surface area (Å²) in [6, 6.07) is 0. The van der Waals surface area contributed by atoms with Crippen molar-refractivity contribution in [3.63, 3.8) is 0 Å². The Labute approximate surface area is 152 Å². The van der Waals surface area contributed by atoms with E-state index >= 15 is 0 Å². The van der Waals surface area contributed by atoms with Crippen molar-refractivity contribution in [1.82, 2.24) is 0 Å². The van der Waals surface area contributed by atoms with E-state index in [4.69, 9.17) is 14.5 Å². The monoisotopic (exact) mass is 378 g/mol. The molecule has 0 unspecified atom stereocenters. The van der Waals surface area contributed by atoms with Crippen LogP contribution < -0.4 is 0 Å². The van der Waals surface area contributed by atoms with Crippen LogP contribution in [-0.2, 0) is 18.6 Å². The molecule has 148 valence electrons. The largest absolute Gasteiger partial charge is 0.469 e. The molecule has 0 aromatic rings. The van der Waals surface area contributed by atoms with Crippen LogP contribution in [-0.4, -0.2) is 29.0 Å². The number of hydrogen-bond acceptors (Lipinski definition) is 4. The molecule has 0 aliphatic carbocycles. The highest BCUT2D eigenvalue weighted by Gasteiger charge is 2.14. The second-order valence-electron chi connectivity index (χ2n) is 6.35. The third kappa shape index (κ3) is 17.9. The lowest BCUT2D eigenvalue weighted by Gasteiger charge is -2.08. The molecule has 0 spiro atoms. The molecule has 0 heterocycles. The molecule has 0 aromatic heterocycles. The molecule has 0 fully saturated rings. The van der Waals surface area contributed by atoms with Gasteiger partial charge in [0.05, 0.1) is 6.61 Å². The van der Waals surface area contributed by atoms with Crippen LogP contribution in [0.3, 0.4) is 0 Å². The predicted molar refractivity (Wildman–Crippen MR) is 99.2 cm³/mol. The van der Waals surface area contributed by atoms with E-state index < -0.39 is 13.8 Å². The van der Waals surface area contributed by atoms with E-state index in [1.165, 1.54) is 57.8 Å². The highest BCUT2D eigenvalue weighted by molar-refractivity contribution is 7.46. The van der Waals surface area contributed by atoms with Crippen molar-refractivity contribution in [3.8, 4) is 0 Å². The van der Waals surface area contributed by atoms with Crippen molar-refractivity contribution in [2.24, 2.45) is 0 Å². The normalized spacial score (nSPS) is 11.5. The van der Waals surface area contributed by atoms with Gasteiger partial charge in [0.15, 0.2) is 0 Å². The molecule has 0 atom stereocenters. The van der Waals surface area contributed by atoms with Gasteiger partial charge in [0.2, 0.25) is 0 Å². The number of esters is 1. The average Bonchev–Trinajstić information content (AvgIpc) is 2.55. The van der Waals surface area contributed by atoms with Gasteiger partial charge in [-0.05, 0) is 12.8 Å². The van der Waals surface area contributed by atoms with Gasteiger partial charge in [0.1, 0.15) is 6.61 Å². The van der Waals surface area contributed by atoms with Crippen molar-refractivity contribution < 1.29 is 28.4 Å². The van der Waals surface area contributed by atoms with Crippen LogP contribution in [0.5, 0.6) is 0 Å². The van der Waals surface area contributed by atoms with E-state index in [1.807, 2.05) is 0 Å². The van der Waals surface area contributed by atoms with Gasteiger partial charge >= 0.3 is 13.8 Å². The maximum Gasteiger partial charge on any atom is 0.469 e. The van der Waals surface area contributed by atoms with Gasteiger partial charge in [0, 0.05) is 5.57 Å². The first kappa shape index (κ1) is 24.3. The molecule has 0 bridgehead atoms. The Morgan fingerprint density at radius 1 is 0.880 bits per heavy atom. The first-order valence-electron chi connectivity index (χ1n) is 9.41. The number of ether oxygens (including phenoxy) is 1. The van der Waals surface area contributed by atoms with Crippen LogP contribution in [0.25, 0.3) is 0 Å². The average molecular weight is 378 g/mol. The highest BCUT2D eigenvalue weighted by Crippen LogP contribution is 2.35. The van der Waals surface area contributed by atoms with Gasteiger partial charge in [-0.1, -0.05) is 77.7 Å². The maximum absolute atomic E-state index is 11.6. The molecule has 0 aliphatic heterocycles. The number of hydrogen-bond donors (Lipinski definition) is 2. The lowest BCUT2D eigenvalue weighted by Crippen LogP contribution is -2.11. The van der Waals surface area contributed by atoms with Gasteiger partial charge in [-0.2, -0.15) is 0 Å². The lowest BCUT2D eigenvalue weighted by atomic mass is 10.0. The summed E-state index contributed by atoms with van der Waals surface area (Å²) in [5.41, 5.74) is 0.395. The number of phosphoric acid groups is 1. The number of carbonyl (C=O) groups is 1. The van der Waals surface area contributed by atoms with Crippen molar-refractivity contribution in [3.05, 3.63) is 12.2 Å². The smallest absolute Gasteiger partial charge is 0.460 e. The Hall–Kier alpha value is -0.680. The number of phosphoric ester groups is 1. The fourth-order valence-corrected chi connectivity index (χ4v) is 2.81. The molecule has 0 aromatic carbocycles. The first-order chi connectivity index (χ1) is 11.9. The zero-order valence-corrected chi connectivity index (χ0v) is 16.5. The van der Waals surface area contributed by atoms with Crippen LogP contribution in [0, 0.1) is 0 Å². The Morgan fingerprint density at radius 2 is 1.36 bits per heavy atom. The standard InChI is InChI=1S/C18H35O6P/c1-3-4-5-6-7-8-9-10-11-12-13-14-17(2)18(19)23-15-16-24-25(20,21)22/h2-16H2,1H3,(H2,20,21,22). The molecule has 7 heteroatoms. The highest BCUT2D eigenvalue weighted by atomic mass is 31.2. The fraction of sp³-hybridized carbons (Fsp3) is 0.833. The topological polar surface area (TPSA) is 93.1 Å². The van der Waals surface area contributed by atoms with Gasteiger partial charge in [0.25, 0.3) is 0 Å². The van der Waals surface area contributed by atoms with Crippen LogP contribution >= 0.6 is 7.82 Å². The molecule has 0 saturated heterocycles. The second kappa shape index (κ2) is 15.6. The van der Waals surface area contributed by atoms with E-state index in [9.17, 15) is 9.36 Å². The quantitative estimate of drug-likeness (QED) is 0.162. The Kier molecular flexibility index (Phi) is 15.1. The van der Waals surface area contributed by atoms with E-state index in [-0.39, 0.29) is 13.2 Å². The Bertz CT molecular complexity index is 404. The van der Waals surface area contributed by atoms with Crippen LogP contribution in [0.2, 0.25) is 0 Å². The molecule has 25 heavy (non-hydrogen) atoms. The van der Waals surface area contributed by atoms with E-state index in [1.54, 1.807) is 0 Å². The van der Waals surface area contributed by atoms with E-state index in [2.05, 4.69) is 18.0 Å². The maximum atomic E-state index is 11.6. The summed E-state index contributed by atoms with van der Waals surface area (Å²) < 4.78 is 19.5. The zero-order chi connectivity index (χ0) is 19.0. The first-order valence-corrected chi connectivity index (χ1v) is 10.9. The van der Waals surface area contributed by atoms with Crippen molar-refractivity contribution in [2.45, 2.75) is 84.0 Å². The fourth-order valence-electron chi connectivity index (χ4n) is 2.50. The van der Waals surface area contributed by atoms with Crippen LogP contribution in [0.15, 0.2) is 12.2 Å². The molecule has 0 saturated carbocycles. The molecular weight excluding hydrogens is 343 g/mol. The molecule has 0 rings (SSSR count). The number of unbranched alkanes of at least 4 members (excludes halogenated alkanes) is 10. The van der Waals surface area contributed by atoms with Crippen molar-refractivity contribution in [1.29, 1.82) is 0 Å². The summed E-state index contributed by atoms with van der Waals surface area (Å²) in [6.45, 7) is 5.40. The summed E-state index contributed by atoms with van der Waals surface area (Å²) in [5, 5.41) is 0. The van der Waals surface area contributed by atoms with Crippen LogP contribution in [0.1, 0.15) is 84.0 Å². The third-order valence-corrected chi connectivity index (χ3v) is 4.47. The lowest BCUT2D eigenvalue weighted by molar-refractivity contribution is -0.140. The van der Waals surface area contributed by atoms with Gasteiger partial charge in [-0.15, -0.1) is 0 Å². The van der Waals surface area contributed by atoms with E-state index in [0.29, 0.717) is 12.0 Å². The zero-order valence-electron chi connectivity index (χ0n) is 15.6. The molecule has 6 nitrogen and oxygen atoms in total. The Morgan fingerprint density at radius 3 is 1.84 bits per heavy atom. The molecular formula is C18H35O6P. The number of carbonyl (C=O) groups excluding carboxylic acids is 1. The summed E-state index contributed by atoms with van der Waals surface area (Å²) in [5.74, 6) is -0.526. The summed E-state index contributed by atoms with van der Waals surface area (Å²) in [6.07, 6.45) is 14.3. The van der Waals surface area contributed by atoms with Crippen molar-refractivity contribution in [2.75, 3.05) is 13.2 Å². The molecule has 0 amide bonds. The minimum Gasteiger partial charge on any atom is -0.460 e. The third-order valence-electron chi connectivity index (χ3n) is 3.95. The van der Waals surface area contributed by atoms with Crippen LogP contribution in [0.4, 0.5) is 0 Å². The molecule has 0 radical (unpaired) electrons. The minimum absolute atomic E-state index is 0.193.